The molecule has 0 aliphatic carbocycles. The van der Waals surface area contributed by atoms with Crippen molar-refractivity contribution in [1.82, 2.24) is 0 Å². The lowest BCUT2D eigenvalue weighted by Gasteiger charge is -2.22. The number of methoxy groups -OCH3 is 1. The van der Waals surface area contributed by atoms with Gasteiger partial charge in [-0.1, -0.05) is 24.3 Å². The van der Waals surface area contributed by atoms with Crippen molar-refractivity contribution in [2.75, 3.05) is 12.0 Å². The molecule has 0 bridgehead atoms. The van der Waals surface area contributed by atoms with Gasteiger partial charge in [0, 0.05) is 6.20 Å². The predicted octanol–water partition coefficient (Wildman–Crippen LogP) is 2.33. The molecule has 1 aromatic rings. The van der Waals surface area contributed by atoms with E-state index < -0.39 is 0 Å². The number of hydrogen-bond acceptors (Lipinski definition) is 2. The fourth-order valence-corrected chi connectivity index (χ4v) is 1.54. The van der Waals surface area contributed by atoms with E-state index in [1.807, 2.05) is 30.3 Å². The average Bonchev–Trinajstić information content (AvgIpc) is 2.27. The fourth-order valence-electron chi connectivity index (χ4n) is 1.54. The first-order valence-electron chi connectivity index (χ1n) is 4.44. The number of anilines is 1. The van der Waals surface area contributed by atoms with Crippen LogP contribution in [-0.4, -0.2) is 13.2 Å². The van der Waals surface area contributed by atoms with Crippen LogP contribution in [-0.2, 0) is 11.2 Å². The number of benzene rings is 1. The highest BCUT2D eigenvalue weighted by Gasteiger charge is 2.18. The summed E-state index contributed by atoms with van der Waals surface area (Å²) < 4.78 is 4.68. The molecular weight excluding hydrogens is 178 g/mol. The van der Waals surface area contributed by atoms with Gasteiger partial charge in [-0.3, -0.25) is 4.90 Å². The Morgan fingerprint density at radius 2 is 2.21 bits per heavy atom. The minimum Gasteiger partial charge on any atom is -0.452 e. The van der Waals surface area contributed by atoms with Gasteiger partial charge in [-0.25, -0.2) is 4.79 Å². The number of para-hydroxylation sites is 1. The first-order valence-corrected chi connectivity index (χ1v) is 4.44. The van der Waals surface area contributed by atoms with Gasteiger partial charge >= 0.3 is 6.09 Å². The maximum atomic E-state index is 11.4. The largest absolute Gasteiger partial charge is 0.452 e. The summed E-state index contributed by atoms with van der Waals surface area (Å²) >= 11 is 0. The molecule has 1 amide bonds. The fraction of sp³-hybridized carbons (Fsp3) is 0.182. The number of allylic oxidation sites excluding steroid dienone is 1. The Balaban J connectivity index is 2.40. The number of nitrogens with zero attached hydrogens (tertiary/aromatic N) is 1. The highest BCUT2D eigenvalue weighted by molar-refractivity contribution is 5.91. The van der Waals surface area contributed by atoms with Crippen molar-refractivity contribution in [1.29, 1.82) is 0 Å². The van der Waals surface area contributed by atoms with Crippen molar-refractivity contribution < 1.29 is 9.53 Å². The van der Waals surface area contributed by atoms with Gasteiger partial charge < -0.3 is 4.74 Å². The van der Waals surface area contributed by atoms with E-state index in [0.717, 1.165) is 17.7 Å². The molecule has 0 saturated heterocycles. The third kappa shape index (κ3) is 1.37. The van der Waals surface area contributed by atoms with Gasteiger partial charge in [-0.2, -0.15) is 0 Å². The second-order valence-electron chi connectivity index (χ2n) is 3.06. The number of carbonyl (C=O) groups excluding carboxylic acids is 1. The lowest BCUT2D eigenvalue weighted by Crippen LogP contribution is -2.27. The number of fused-ring (bicyclic) bond motifs is 1. The van der Waals surface area contributed by atoms with Gasteiger partial charge in [-0.05, 0) is 18.1 Å². The van der Waals surface area contributed by atoms with Crippen LogP contribution in [0.5, 0.6) is 0 Å². The zero-order valence-corrected chi connectivity index (χ0v) is 7.93. The zero-order valence-electron chi connectivity index (χ0n) is 7.93. The maximum absolute atomic E-state index is 11.4. The van der Waals surface area contributed by atoms with Crippen molar-refractivity contribution in [3.63, 3.8) is 0 Å². The van der Waals surface area contributed by atoms with Crippen molar-refractivity contribution >= 4 is 11.8 Å². The number of rotatable bonds is 0. The molecule has 14 heavy (non-hydrogen) atoms. The van der Waals surface area contributed by atoms with Gasteiger partial charge in [0.2, 0.25) is 0 Å². The van der Waals surface area contributed by atoms with E-state index in [4.69, 9.17) is 0 Å². The molecule has 1 aliphatic rings. The topological polar surface area (TPSA) is 29.5 Å². The third-order valence-corrected chi connectivity index (χ3v) is 2.21. The molecule has 0 aromatic heterocycles. The number of carbonyl (C=O) groups is 1. The summed E-state index contributed by atoms with van der Waals surface area (Å²) in [5, 5.41) is 0. The third-order valence-electron chi connectivity index (χ3n) is 2.21. The van der Waals surface area contributed by atoms with Crippen LogP contribution in [0.15, 0.2) is 36.5 Å². The van der Waals surface area contributed by atoms with Crippen LogP contribution in [0.3, 0.4) is 0 Å². The summed E-state index contributed by atoms with van der Waals surface area (Å²) in [5.41, 5.74) is 2.04. The van der Waals surface area contributed by atoms with Crippen LogP contribution in [0.4, 0.5) is 10.5 Å². The van der Waals surface area contributed by atoms with Gasteiger partial charge in [0.1, 0.15) is 0 Å². The molecular formula is C11H11NO2. The SMILES string of the molecule is COC(=O)N1C=CCc2ccccc21. The Kier molecular flexibility index (Phi) is 2.23. The van der Waals surface area contributed by atoms with E-state index in [1.165, 1.54) is 12.0 Å². The maximum Gasteiger partial charge on any atom is 0.418 e. The van der Waals surface area contributed by atoms with Crippen molar-refractivity contribution in [3.8, 4) is 0 Å². The van der Waals surface area contributed by atoms with E-state index >= 15 is 0 Å². The smallest absolute Gasteiger partial charge is 0.418 e. The number of amides is 1. The van der Waals surface area contributed by atoms with Crippen molar-refractivity contribution in [3.05, 3.63) is 42.1 Å². The highest BCUT2D eigenvalue weighted by Crippen LogP contribution is 2.25. The molecule has 0 spiro atoms. The zero-order chi connectivity index (χ0) is 9.97. The molecule has 0 unspecified atom stereocenters. The second kappa shape index (κ2) is 3.54. The first kappa shape index (κ1) is 8.81. The minimum absolute atomic E-state index is 0.353. The molecule has 3 nitrogen and oxygen atoms in total. The molecule has 2 rings (SSSR count). The summed E-state index contributed by atoms with van der Waals surface area (Å²) in [4.78, 5) is 12.9. The predicted molar refractivity (Wildman–Crippen MR) is 54.2 cm³/mol. The van der Waals surface area contributed by atoms with Crippen molar-refractivity contribution in [2.45, 2.75) is 6.42 Å². The van der Waals surface area contributed by atoms with E-state index in [0.29, 0.717) is 0 Å². The summed E-state index contributed by atoms with van der Waals surface area (Å²) in [5.74, 6) is 0. The minimum atomic E-state index is -0.353. The van der Waals surface area contributed by atoms with Crippen LogP contribution in [0.2, 0.25) is 0 Å². The van der Waals surface area contributed by atoms with Gasteiger partial charge in [0.05, 0.1) is 12.8 Å². The summed E-state index contributed by atoms with van der Waals surface area (Å²) in [6.45, 7) is 0. The lowest BCUT2D eigenvalue weighted by molar-refractivity contribution is 0.181. The molecule has 1 aromatic carbocycles. The Morgan fingerprint density at radius 3 is 3.00 bits per heavy atom. The standard InChI is InChI=1S/C11H11NO2/c1-14-11(13)12-8-4-6-9-5-2-3-7-10(9)12/h2-5,7-8H,6H2,1H3. The van der Waals surface area contributed by atoms with E-state index in [2.05, 4.69) is 4.74 Å². The summed E-state index contributed by atoms with van der Waals surface area (Å²) in [6, 6.07) is 7.80. The van der Waals surface area contributed by atoms with Gasteiger partial charge in [0.15, 0.2) is 0 Å². The molecule has 72 valence electrons. The van der Waals surface area contributed by atoms with Crippen LogP contribution in [0.25, 0.3) is 0 Å². The Hall–Kier alpha value is -1.77. The first-order chi connectivity index (χ1) is 6.83. The van der Waals surface area contributed by atoms with Crippen LogP contribution >= 0.6 is 0 Å². The lowest BCUT2D eigenvalue weighted by atomic mass is 10.1. The van der Waals surface area contributed by atoms with E-state index in [1.54, 1.807) is 6.20 Å². The average molecular weight is 189 g/mol. The molecule has 0 atom stereocenters. The van der Waals surface area contributed by atoms with Gasteiger partial charge in [-0.15, -0.1) is 0 Å². The number of hydrogen-bond donors (Lipinski definition) is 0. The Labute approximate surface area is 82.6 Å². The molecule has 0 fully saturated rings. The molecule has 3 heteroatoms. The molecule has 1 heterocycles. The van der Waals surface area contributed by atoms with Crippen LogP contribution in [0.1, 0.15) is 5.56 Å². The van der Waals surface area contributed by atoms with Crippen molar-refractivity contribution in [2.24, 2.45) is 0 Å². The summed E-state index contributed by atoms with van der Waals surface area (Å²) in [6.07, 6.45) is 4.20. The van der Waals surface area contributed by atoms with Gasteiger partial charge in [0.25, 0.3) is 0 Å². The molecule has 0 saturated carbocycles. The Bertz CT molecular complexity index is 385. The van der Waals surface area contributed by atoms with E-state index in [-0.39, 0.29) is 6.09 Å². The monoisotopic (exact) mass is 189 g/mol. The highest BCUT2D eigenvalue weighted by atomic mass is 16.5. The molecule has 1 aliphatic heterocycles. The normalized spacial score (nSPS) is 13.6. The quantitative estimate of drug-likeness (QED) is 0.626. The molecule has 0 N–H and O–H groups in total. The number of ether oxygens (including phenoxy) is 1. The van der Waals surface area contributed by atoms with Crippen LogP contribution in [0, 0.1) is 0 Å². The van der Waals surface area contributed by atoms with E-state index in [9.17, 15) is 4.79 Å². The Morgan fingerprint density at radius 1 is 1.43 bits per heavy atom. The molecule has 0 radical (unpaired) electrons. The summed E-state index contributed by atoms with van der Waals surface area (Å²) in [7, 11) is 1.38. The second-order valence-corrected chi connectivity index (χ2v) is 3.06. The van der Waals surface area contributed by atoms with Crippen LogP contribution < -0.4 is 4.90 Å².